The lowest BCUT2D eigenvalue weighted by Gasteiger charge is -1.89. The lowest BCUT2D eigenvalue weighted by atomic mass is 10.1. The SMILES string of the molecule is Cc1cccc2[nH+][nH]c(C)c12. The van der Waals surface area contributed by atoms with Crippen LogP contribution in [0.25, 0.3) is 10.9 Å². The Labute approximate surface area is 65.2 Å². The fourth-order valence-electron chi connectivity index (χ4n) is 1.49. The molecule has 2 N–H and O–H groups in total. The first-order valence-corrected chi connectivity index (χ1v) is 3.74. The predicted octanol–water partition coefficient (Wildman–Crippen LogP) is 1.60. The van der Waals surface area contributed by atoms with Gasteiger partial charge in [0.25, 0.3) is 0 Å². The van der Waals surface area contributed by atoms with Crippen LogP contribution >= 0.6 is 0 Å². The zero-order valence-corrected chi connectivity index (χ0v) is 6.73. The van der Waals surface area contributed by atoms with Crippen molar-refractivity contribution in [3.63, 3.8) is 0 Å². The minimum Gasteiger partial charge on any atom is -0.171 e. The van der Waals surface area contributed by atoms with Crippen molar-refractivity contribution in [1.29, 1.82) is 0 Å². The summed E-state index contributed by atoms with van der Waals surface area (Å²) in [6.45, 7) is 4.20. The summed E-state index contributed by atoms with van der Waals surface area (Å²) in [7, 11) is 0. The number of H-pyrrole nitrogens is 2. The third-order valence-electron chi connectivity index (χ3n) is 2.03. The number of hydrogen-bond acceptors (Lipinski definition) is 0. The molecule has 0 bridgehead atoms. The first-order chi connectivity index (χ1) is 5.29. The van der Waals surface area contributed by atoms with Crippen molar-refractivity contribution in [2.75, 3.05) is 0 Å². The van der Waals surface area contributed by atoms with Crippen molar-refractivity contribution in [2.24, 2.45) is 0 Å². The summed E-state index contributed by atoms with van der Waals surface area (Å²) in [5.74, 6) is 0. The number of aromatic nitrogens is 2. The molecule has 56 valence electrons. The Morgan fingerprint density at radius 3 is 2.82 bits per heavy atom. The molecule has 2 aromatic rings. The molecule has 0 fully saturated rings. The number of rotatable bonds is 0. The molecule has 2 heteroatoms. The number of nitrogens with one attached hydrogen (secondary N) is 2. The summed E-state index contributed by atoms with van der Waals surface area (Å²) in [4.78, 5) is 0. The van der Waals surface area contributed by atoms with Crippen LogP contribution in [0.5, 0.6) is 0 Å². The molecule has 0 spiro atoms. The van der Waals surface area contributed by atoms with Gasteiger partial charge in [-0.3, -0.25) is 0 Å². The summed E-state index contributed by atoms with van der Waals surface area (Å²) < 4.78 is 0. The van der Waals surface area contributed by atoms with Crippen molar-refractivity contribution in [3.8, 4) is 0 Å². The maximum absolute atomic E-state index is 3.10. The molecule has 1 heterocycles. The highest BCUT2D eigenvalue weighted by Crippen LogP contribution is 2.16. The first-order valence-electron chi connectivity index (χ1n) is 3.74. The van der Waals surface area contributed by atoms with Gasteiger partial charge in [0.1, 0.15) is 0 Å². The minimum absolute atomic E-state index is 1.18. The number of benzene rings is 1. The van der Waals surface area contributed by atoms with E-state index >= 15 is 0 Å². The quantitative estimate of drug-likeness (QED) is 0.586. The lowest BCUT2D eigenvalue weighted by molar-refractivity contribution is -0.421. The maximum Gasteiger partial charge on any atom is 0.236 e. The van der Waals surface area contributed by atoms with E-state index < -0.39 is 0 Å². The Morgan fingerprint density at radius 1 is 1.27 bits per heavy atom. The van der Waals surface area contributed by atoms with Gasteiger partial charge in [0.2, 0.25) is 5.52 Å². The molecular weight excluding hydrogens is 136 g/mol. The van der Waals surface area contributed by atoms with Gasteiger partial charge >= 0.3 is 0 Å². The standard InChI is InChI=1S/C9H10N2/c1-6-4-3-5-8-9(6)7(2)10-11-8/h3-5H,1-2H3,(H,10,11)/p+1. The van der Waals surface area contributed by atoms with Gasteiger partial charge in [0.15, 0.2) is 0 Å². The van der Waals surface area contributed by atoms with Gasteiger partial charge in [-0.2, -0.15) is 5.10 Å². The van der Waals surface area contributed by atoms with Crippen LogP contribution in [0.1, 0.15) is 11.3 Å². The lowest BCUT2D eigenvalue weighted by Crippen LogP contribution is -2.00. The normalized spacial score (nSPS) is 10.7. The van der Waals surface area contributed by atoms with E-state index in [0.29, 0.717) is 0 Å². The van der Waals surface area contributed by atoms with Crippen LogP contribution in [-0.2, 0) is 0 Å². The zero-order valence-electron chi connectivity index (χ0n) is 6.73. The molecule has 0 unspecified atom stereocenters. The highest BCUT2D eigenvalue weighted by atomic mass is 15.1. The Hall–Kier alpha value is -1.31. The van der Waals surface area contributed by atoms with E-state index in [-0.39, 0.29) is 0 Å². The predicted molar refractivity (Wildman–Crippen MR) is 44.3 cm³/mol. The van der Waals surface area contributed by atoms with Crippen LogP contribution in [0.4, 0.5) is 0 Å². The van der Waals surface area contributed by atoms with Crippen LogP contribution in [0.2, 0.25) is 0 Å². The molecule has 0 amide bonds. The fraction of sp³-hybridized carbons (Fsp3) is 0.222. The first kappa shape index (κ1) is 6.40. The second kappa shape index (κ2) is 2.09. The number of fused-ring (bicyclic) bond motifs is 1. The molecule has 0 saturated carbocycles. The number of hydrogen-bond donors (Lipinski definition) is 1. The van der Waals surface area contributed by atoms with E-state index in [4.69, 9.17) is 0 Å². The topological polar surface area (TPSA) is 29.9 Å². The summed E-state index contributed by atoms with van der Waals surface area (Å²) in [5, 5.41) is 7.51. The van der Waals surface area contributed by atoms with Crippen molar-refractivity contribution in [2.45, 2.75) is 13.8 Å². The largest absolute Gasteiger partial charge is 0.236 e. The van der Waals surface area contributed by atoms with Crippen LogP contribution in [-0.4, -0.2) is 5.10 Å². The van der Waals surface area contributed by atoms with Crippen LogP contribution in [0, 0.1) is 13.8 Å². The van der Waals surface area contributed by atoms with Crippen molar-refractivity contribution < 1.29 is 5.10 Å². The highest BCUT2D eigenvalue weighted by Gasteiger charge is 2.07. The molecule has 0 saturated heterocycles. The van der Waals surface area contributed by atoms with E-state index in [1.165, 1.54) is 22.2 Å². The summed E-state index contributed by atoms with van der Waals surface area (Å²) in [5.41, 5.74) is 3.71. The molecule has 0 aliphatic heterocycles. The van der Waals surface area contributed by atoms with Crippen LogP contribution < -0.4 is 5.10 Å². The van der Waals surface area contributed by atoms with Gasteiger partial charge in [-0.15, -0.1) is 5.10 Å². The molecule has 0 radical (unpaired) electrons. The molecule has 2 nitrogen and oxygen atoms in total. The molecule has 1 aromatic heterocycles. The Morgan fingerprint density at radius 2 is 2.09 bits per heavy atom. The Kier molecular flexibility index (Phi) is 1.22. The van der Waals surface area contributed by atoms with Gasteiger partial charge < -0.3 is 0 Å². The van der Waals surface area contributed by atoms with Gasteiger partial charge in [-0.05, 0) is 19.4 Å². The smallest absolute Gasteiger partial charge is 0.171 e. The van der Waals surface area contributed by atoms with E-state index in [0.717, 1.165) is 0 Å². The molecule has 0 aliphatic rings. The van der Waals surface area contributed by atoms with Gasteiger partial charge in [0, 0.05) is 6.07 Å². The second-order valence-electron chi connectivity index (χ2n) is 2.87. The monoisotopic (exact) mass is 147 g/mol. The van der Waals surface area contributed by atoms with Gasteiger partial charge in [-0.25, -0.2) is 0 Å². The summed E-state index contributed by atoms with van der Waals surface area (Å²) >= 11 is 0. The van der Waals surface area contributed by atoms with Gasteiger partial charge in [-0.1, -0.05) is 12.1 Å². The molecular formula is C9H11N2+. The van der Waals surface area contributed by atoms with Crippen molar-refractivity contribution >= 4 is 10.9 Å². The summed E-state index contributed by atoms with van der Waals surface area (Å²) in [6.07, 6.45) is 0. The molecule has 0 aliphatic carbocycles. The average molecular weight is 147 g/mol. The molecule has 11 heavy (non-hydrogen) atoms. The zero-order chi connectivity index (χ0) is 7.84. The highest BCUT2D eigenvalue weighted by molar-refractivity contribution is 5.81. The third-order valence-corrected chi connectivity index (χ3v) is 2.03. The van der Waals surface area contributed by atoms with E-state index in [9.17, 15) is 0 Å². The van der Waals surface area contributed by atoms with E-state index in [1.807, 2.05) is 0 Å². The van der Waals surface area contributed by atoms with Gasteiger partial charge in [0.05, 0.1) is 11.1 Å². The van der Waals surface area contributed by atoms with Crippen LogP contribution in [0.3, 0.4) is 0 Å². The average Bonchev–Trinajstić information content (AvgIpc) is 2.34. The van der Waals surface area contributed by atoms with E-state index in [2.05, 4.69) is 42.2 Å². The second-order valence-corrected chi connectivity index (χ2v) is 2.87. The Bertz CT molecular complexity index is 387. The number of aryl methyl sites for hydroxylation is 2. The maximum atomic E-state index is 3.10. The van der Waals surface area contributed by atoms with Crippen LogP contribution in [0.15, 0.2) is 18.2 Å². The third kappa shape index (κ3) is 0.827. The Balaban J connectivity index is 2.96. The molecule has 0 atom stereocenters. The molecule has 1 aromatic carbocycles. The summed E-state index contributed by atoms with van der Waals surface area (Å²) in [6, 6.07) is 6.25. The number of aromatic amines is 2. The van der Waals surface area contributed by atoms with E-state index in [1.54, 1.807) is 0 Å². The minimum atomic E-state index is 1.18. The van der Waals surface area contributed by atoms with Crippen molar-refractivity contribution in [1.82, 2.24) is 5.10 Å². The van der Waals surface area contributed by atoms with Crippen molar-refractivity contribution in [3.05, 3.63) is 29.5 Å². The fourth-order valence-corrected chi connectivity index (χ4v) is 1.49. The molecule has 2 rings (SSSR count).